The molecule has 0 radical (unpaired) electrons. The van der Waals surface area contributed by atoms with E-state index in [-0.39, 0.29) is 17.3 Å². The van der Waals surface area contributed by atoms with Crippen molar-refractivity contribution in [2.45, 2.75) is 19.4 Å². The van der Waals surface area contributed by atoms with E-state index in [0.29, 0.717) is 12.2 Å². The first-order valence-electron chi connectivity index (χ1n) is 5.24. The molecule has 1 heterocycles. The molecule has 0 spiro atoms. The molecule has 1 aliphatic rings. The van der Waals surface area contributed by atoms with Gasteiger partial charge in [-0.05, 0) is 26.0 Å². The molecule has 1 aromatic carbocycles. The molecule has 2 rings (SSSR count). The summed E-state index contributed by atoms with van der Waals surface area (Å²) in [6.45, 7) is 4.43. The molecule has 6 heteroatoms. The Labute approximate surface area is 98.4 Å². The van der Waals surface area contributed by atoms with Crippen molar-refractivity contribution in [3.63, 3.8) is 0 Å². The largest absolute Gasteiger partial charge is 0.335 e. The molecule has 0 aliphatic carbocycles. The van der Waals surface area contributed by atoms with Gasteiger partial charge in [0.1, 0.15) is 0 Å². The van der Waals surface area contributed by atoms with Crippen molar-refractivity contribution >= 4 is 17.4 Å². The highest BCUT2D eigenvalue weighted by Gasteiger charge is 2.38. The number of carbonyl (C=O) groups is 1. The highest BCUT2D eigenvalue weighted by atomic mass is 16.6. The van der Waals surface area contributed by atoms with E-state index < -0.39 is 4.92 Å². The molecule has 0 unspecified atom stereocenters. The number of nitrogens with one attached hydrogen (secondary N) is 1. The van der Waals surface area contributed by atoms with Crippen LogP contribution in [0, 0.1) is 10.1 Å². The minimum atomic E-state index is -0.459. The number of nitro benzene ring substituents is 1. The van der Waals surface area contributed by atoms with Crippen LogP contribution in [0.15, 0.2) is 24.3 Å². The maximum Gasteiger partial charge on any atom is 0.322 e. The van der Waals surface area contributed by atoms with E-state index in [2.05, 4.69) is 5.32 Å². The Hall–Kier alpha value is -2.11. The number of non-ortho nitro benzene ring substituents is 1. The summed E-state index contributed by atoms with van der Waals surface area (Å²) >= 11 is 0. The van der Waals surface area contributed by atoms with Gasteiger partial charge in [0.05, 0.1) is 10.5 Å². The third-order valence-electron chi connectivity index (χ3n) is 2.80. The van der Waals surface area contributed by atoms with Crippen molar-refractivity contribution in [1.82, 2.24) is 5.32 Å². The van der Waals surface area contributed by atoms with Gasteiger partial charge in [0, 0.05) is 24.4 Å². The maximum atomic E-state index is 11.7. The van der Waals surface area contributed by atoms with E-state index in [1.165, 1.54) is 12.1 Å². The summed E-state index contributed by atoms with van der Waals surface area (Å²) in [6, 6.07) is 5.80. The lowest BCUT2D eigenvalue weighted by molar-refractivity contribution is -0.384. The van der Waals surface area contributed by atoms with Gasteiger partial charge in [0.25, 0.3) is 5.69 Å². The van der Waals surface area contributed by atoms with Gasteiger partial charge in [-0.1, -0.05) is 0 Å². The number of amides is 2. The van der Waals surface area contributed by atoms with Crippen LogP contribution in [0.5, 0.6) is 0 Å². The summed E-state index contributed by atoms with van der Waals surface area (Å²) in [5.41, 5.74) is 0.356. The molecule has 90 valence electrons. The van der Waals surface area contributed by atoms with Gasteiger partial charge in [-0.3, -0.25) is 15.0 Å². The van der Waals surface area contributed by atoms with Gasteiger partial charge in [0.2, 0.25) is 0 Å². The maximum absolute atomic E-state index is 11.7. The van der Waals surface area contributed by atoms with E-state index >= 15 is 0 Å². The molecule has 0 aromatic heterocycles. The monoisotopic (exact) mass is 235 g/mol. The summed E-state index contributed by atoms with van der Waals surface area (Å²) < 4.78 is 0. The number of hydrogen-bond donors (Lipinski definition) is 1. The van der Waals surface area contributed by atoms with Gasteiger partial charge >= 0.3 is 6.03 Å². The van der Waals surface area contributed by atoms with Gasteiger partial charge in [-0.15, -0.1) is 0 Å². The zero-order valence-electron chi connectivity index (χ0n) is 9.64. The van der Waals surface area contributed by atoms with Crippen molar-refractivity contribution in [2.75, 3.05) is 11.4 Å². The minimum absolute atomic E-state index is 0.0196. The summed E-state index contributed by atoms with van der Waals surface area (Å²) in [5, 5.41) is 13.3. The number of nitro groups is 1. The highest BCUT2D eigenvalue weighted by molar-refractivity contribution is 5.96. The molecule has 2 amide bonds. The van der Waals surface area contributed by atoms with Crippen LogP contribution in [-0.2, 0) is 0 Å². The topological polar surface area (TPSA) is 75.5 Å². The van der Waals surface area contributed by atoms with Crippen LogP contribution in [-0.4, -0.2) is 23.0 Å². The molecule has 0 saturated carbocycles. The van der Waals surface area contributed by atoms with Crippen LogP contribution in [0.3, 0.4) is 0 Å². The molecular weight excluding hydrogens is 222 g/mol. The van der Waals surface area contributed by atoms with Crippen LogP contribution in [0.25, 0.3) is 0 Å². The Morgan fingerprint density at radius 2 is 1.94 bits per heavy atom. The number of nitrogens with zero attached hydrogens (tertiary/aromatic N) is 2. The smallest absolute Gasteiger partial charge is 0.322 e. The van der Waals surface area contributed by atoms with Crippen molar-refractivity contribution in [3.05, 3.63) is 34.4 Å². The number of urea groups is 1. The fraction of sp³-hybridized carbons (Fsp3) is 0.364. The van der Waals surface area contributed by atoms with Gasteiger partial charge in [-0.2, -0.15) is 0 Å². The molecule has 1 N–H and O–H groups in total. The average Bonchev–Trinajstić information content (AvgIpc) is 2.53. The van der Waals surface area contributed by atoms with Crippen LogP contribution < -0.4 is 10.2 Å². The van der Waals surface area contributed by atoms with Crippen molar-refractivity contribution < 1.29 is 9.72 Å². The van der Waals surface area contributed by atoms with Crippen molar-refractivity contribution in [1.29, 1.82) is 0 Å². The third-order valence-corrected chi connectivity index (χ3v) is 2.80. The zero-order chi connectivity index (χ0) is 12.6. The fourth-order valence-electron chi connectivity index (χ4n) is 1.92. The number of benzene rings is 1. The molecule has 1 aromatic rings. The normalized spacial score (nSPS) is 18.0. The Morgan fingerprint density at radius 3 is 2.35 bits per heavy atom. The molecular formula is C11H13N3O3. The lowest BCUT2D eigenvalue weighted by Gasteiger charge is -2.29. The summed E-state index contributed by atoms with van der Waals surface area (Å²) in [6.07, 6.45) is 0. The van der Waals surface area contributed by atoms with E-state index in [9.17, 15) is 14.9 Å². The fourth-order valence-corrected chi connectivity index (χ4v) is 1.92. The average molecular weight is 235 g/mol. The van der Waals surface area contributed by atoms with Gasteiger partial charge < -0.3 is 5.32 Å². The molecule has 17 heavy (non-hydrogen) atoms. The number of anilines is 1. The standard InChI is InChI=1S/C11H13N3O3/c1-11(2)7-12-10(15)13(11)8-3-5-9(6-4-8)14(16)17/h3-6H,7H2,1-2H3,(H,12,15). The van der Waals surface area contributed by atoms with Gasteiger partial charge in [0.15, 0.2) is 0 Å². The molecule has 0 atom stereocenters. The molecule has 1 saturated heterocycles. The SMILES string of the molecule is CC1(C)CNC(=O)N1c1ccc([N+](=O)[O-])cc1. The van der Waals surface area contributed by atoms with Crippen LogP contribution in [0.4, 0.5) is 16.2 Å². The van der Waals surface area contributed by atoms with Crippen LogP contribution in [0.2, 0.25) is 0 Å². The van der Waals surface area contributed by atoms with Gasteiger partial charge in [-0.25, -0.2) is 4.79 Å². The number of carbonyl (C=O) groups excluding carboxylic acids is 1. The second-order valence-corrected chi connectivity index (χ2v) is 4.58. The van der Waals surface area contributed by atoms with E-state index in [1.54, 1.807) is 17.0 Å². The Bertz CT molecular complexity index is 467. The molecule has 6 nitrogen and oxygen atoms in total. The van der Waals surface area contributed by atoms with E-state index in [0.717, 1.165) is 0 Å². The Kier molecular flexibility index (Phi) is 2.49. The van der Waals surface area contributed by atoms with Crippen molar-refractivity contribution in [3.8, 4) is 0 Å². The van der Waals surface area contributed by atoms with E-state index in [4.69, 9.17) is 0 Å². The third kappa shape index (κ3) is 1.93. The first kappa shape index (κ1) is 11.4. The Morgan fingerprint density at radius 1 is 1.35 bits per heavy atom. The second-order valence-electron chi connectivity index (χ2n) is 4.58. The lowest BCUT2D eigenvalue weighted by Crippen LogP contribution is -2.42. The molecule has 1 aliphatic heterocycles. The first-order valence-corrected chi connectivity index (χ1v) is 5.24. The number of hydrogen-bond acceptors (Lipinski definition) is 3. The zero-order valence-corrected chi connectivity index (χ0v) is 9.64. The van der Waals surface area contributed by atoms with Crippen molar-refractivity contribution in [2.24, 2.45) is 0 Å². The predicted molar refractivity (Wildman–Crippen MR) is 63.1 cm³/mol. The quantitative estimate of drug-likeness (QED) is 0.628. The predicted octanol–water partition coefficient (Wildman–Crippen LogP) is 1.90. The first-order chi connectivity index (χ1) is 7.92. The summed E-state index contributed by atoms with van der Waals surface area (Å²) in [4.78, 5) is 23.4. The van der Waals surface area contributed by atoms with E-state index in [1.807, 2.05) is 13.8 Å². The second kappa shape index (κ2) is 3.73. The lowest BCUT2D eigenvalue weighted by atomic mass is 10.0. The number of rotatable bonds is 2. The highest BCUT2D eigenvalue weighted by Crippen LogP contribution is 2.28. The van der Waals surface area contributed by atoms with Crippen LogP contribution in [0.1, 0.15) is 13.8 Å². The summed E-state index contributed by atoms with van der Waals surface area (Å²) in [5.74, 6) is 0. The molecule has 1 fully saturated rings. The minimum Gasteiger partial charge on any atom is -0.335 e. The Balaban J connectivity index is 2.34. The summed E-state index contributed by atoms with van der Waals surface area (Å²) in [7, 11) is 0. The van der Waals surface area contributed by atoms with Crippen LogP contribution >= 0.6 is 0 Å². The molecule has 0 bridgehead atoms.